The van der Waals surface area contributed by atoms with Crippen LogP contribution in [-0.4, -0.2) is 0 Å². The summed E-state index contributed by atoms with van der Waals surface area (Å²) in [6.45, 7) is 0. The van der Waals surface area contributed by atoms with E-state index in [1.165, 1.54) is 0 Å². The molecule has 3 aromatic rings. The molecule has 1 heterocycles. The van der Waals surface area contributed by atoms with E-state index in [4.69, 9.17) is 0 Å². The number of rotatable bonds is 0. The van der Waals surface area contributed by atoms with Gasteiger partial charge in [-0.05, 0) is 12.1 Å². The van der Waals surface area contributed by atoms with E-state index in [2.05, 4.69) is 4.42 Å². The monoisotopic (exact) mass is 276 g/mol. The fourth-order valence-electron chi connectivity index (χ4n) is 1.88. The van der Waals surface area contributed by atoms with Crippen molar-refractivity contribution in [3.63, 3.8) is 0 Å². The second-order valence-electron chi connectivity index (χ2n) is 3.80. The fourth-order valence-corrected chi connectivity index (χ4v) is 1.88. The maximum Gasteiger partial charge on any atom is 0.205 e. The molecule has 0 aliphatic heterocycles. The number of hydrogen-bond acceptors (Lipinski definition) is 1. The topological polar surface area (TPSA) is 13.1 Å². The predicted molar refractivity (Wildman–Crippen MR) is 53.5 cm³/mol. The third-order valence-electron chi connectivity index (χ3n) is 2.75. The molecule has 0 amide bonds. The van der Waals surface area contributed by atoms with E-state index in [1.54, 1.807) is 0 Å². The number of hydrogen-bond donors (Lipinski definition) is 0. The van der Waals surface area contributed by atoms with Crippen LogP contribution in [0.1, 0.15) is 0 Å². The molecule has 98 valence electrons. The van der Waals surface area contributed by atoms with Crippen LogP contribution < -0.4 is 0 Å². The van der Waals surface area contributed by atoms with E-state index in [0.717, 1.165) is 6.07 Å². The fraction of sp³-hybridized carbons (Fsp3) is 0. The van der Waals surface area contributed by atoms with Gasteiger partial charge in [-0.1, -0.05) is 0 Å². The average molecular weight is 276 g/mol. The van der Waals surface area contributed by atoms with Crippen LogP contribution in [0.25, 0.3) is 21.9 Å². The van der Waals surface area contributed by atoms with Gasteiger partial charge in [0.15, 0.2) is 28.6 Å². The Morgan fingerprint density at radius 1 is 0.632 bits per heavy atom. The number of halogens is 6. The summed E-state index contributed by atoms with van der Waals surface area (Å²) < 4.78 is 84.1. The Labute approximate surface area is 101 Å². The molecular formula is C12H2F6O. The Bertz CT molecular complexity index is 836. The lowest BCUT2D eigenvalue weighted by Crippen LogP contribution is -1.96. The van der Waals surface area contributed by atoms with Crippen molar-refractivity contribution in [2.24, 2.45) is 0 Å². The third kappa shape index (κ3) is 1.38. The lowest BCUT2D eigenvalue weighted by Gasteiger charge is -1.98. The first-order valence-corrected chi connectivity index (χ1v) is 4.95. The first kappa shape index (κ1) is 11.9. The molecule has 0 aliphatic carbocycles. The largest absolute Gasteiger partial charge is 0.450 e. The Hall–Kier alpha value is -2.18. The maximum atomic E-state index is 13.6. The molecule has 0 saturated heterocycles. The first-order chi connectivity index (χ1) is 8.93. The van der Waals surface area contributed by atoms with E-state index in [9.17, 15) is 26.3 Å². The van der Waals surface area contributed by atoms with Crippen molar-refractivity contribution in [3.8, 4) is 0 Å². The molecule has 7 heteroatoms. The summed E-state index contributed by atoms with van der Waals surface area (Å²) in [5, 5.41) is -1.16. The van der Waals surface area contributed by atoms with Crippen LogP contribution in [0.2, 0.25) is 0 Å². The SMILES string of the molecule is Fc1ccc2c(oc3c(F)c(F)c(F)c(F)c32)c1F. The molecule has 0 atom stereocenters. The van der Waals surface area contributed by atoms with Gasteiger partial charge in [0.2, 0.25) is 17.5 Å². The quantitative estimate of drug-likeness (QED) is 0.336. The Morgan fingerprint density at radius 3 is 1.95 bits per heavy atom. The van der Waals surface area contributed by atoms with E-state index < -0.39 is 51.5 Å². The maximum absolute atomic E-state index is 13.6. The van der Waals surface area contributed by atoms with Crippen molar-refractivity contribution < 1.29 is 30.8 Å². The molecule has 0 aliphatic rings. The van der Waals surface area contributed by atoms with Crippen LogP contribution >= 0.6 is 0 Å². The van der Waals surface area contributed by atoms with Gasteiger partial charge >= 0.3 is 0 Å². The molecule has 0 spiro atoms. The lowest BCUT2D eigenvalue weighted by atomic mass is 10.1. The van der Waals surface area contributed by atoms with Gasteiger partial charge in [0.25, 0.3) is 0 Å². The highest BCUT2D eigenvalue weighted by atomic mass is 19.2. The summed E-state index contributed by atoms with van der Waals surface area (Å²) >= 11 is 0. The molecule has 0 fully saturated rings. The van der Waals surface area contributed by atoms with Crippen LogP contribution in [0, 0.1) is 34.9 Å². The Balaban J connectivity index is 2.66. The molecular weight excluding hydrogens is 274 g/mol. The summed E-state index contributed by atoms with van der Waals surface area (Å²) in [5.41, 5.74) is -1.81. The normalized spacial score (nSPS) is 11.7. The van der Waals surface area contributed by atoms with Crippen LogP contribution in [0.5, 0.6) is 0 Å². The van der Waals surface area contributed by atoms with Crippen LogP contribution in [-0.2, 0) is 0 Å². The second-order valence-corrected chi connectivity index (χ2v) is 3.80. The van der Waals surface area contributed by atoms with Gasteiger partial charge in [-0.25, -0.2) is 17.6 Å². The molecule has 2 aromatic carbocycles. The summed E-state index contributed by atoms with van der Waals surface area (Å²) in [6, 6.07) is 1.53. The third-order valence-corrected chi connectivity index (χ3v) is 2.75. The van der Waals surface area contributed by atoms with Crippen LogP contribution in [0.15, 0.2) is 16.5 Å². The molecule has 3 rings (SSSR count). The molecule has 19 heavy (non-hydrogen) atoms. The molecule has 1 nitrogen and oxygen atoms in total. The van der Waals surface area contributed by atoms with Gasteiger partial charge in [0.05, 0.1) is 5.39 Å². The highest BCUT2D eigenvalue weighted by Gasteiger charge is 2.27. The van der Waals surface area contributed by atoms with E-state index >= 15 is 0 Å². The summed E-state index contributed by atoms with van der Waals surface area (Å²) in [5.74, 6) is -10.5. The zero-order valence-corrected chi connectivity index (χ0v) is 8.83. The van der Waals surface area contributed by atoms with Crippen LogP contribution in [0.3, 0.4) is 0 Å². The molecule has 0 saturated carbocycles. The minimum Gasteiger partial charge on any atom is -0.450 e. The number of fused-ring (bicyclic) bond motifs is 3. The van der Waals surface area contributed by atoms with Gasteiger partial charge in [0.1, 0.15) is 0 Å². The Kier molecular flexibility index (Phi) is 2.29. The van der Waals surface area contributed by atoms with Crippen molar-refractivity contribution in [1.29, 1.82) is 0 Å². The van der Waals surface area contributed by atoms with Crippen molar-refractivity contribution >= 4 is 21.9 Å². The highest BCUT2D eigenvalue weighted by molar-refractivity contribution is 6.05. The number of furan rings is 1. The Morgan fingerprint density at radius 2 is 1.26 bits per heavy atom. The molecule has 0 bridgehead atoms. The average Bonchev–Trinajstić information content (AvgIpc) is 2.78. The zero-order valence-electron chi connectivity index (χ0n) is 8.83. The van der Waals surface area contributed by atoms with Gasteiger partial charge in [-0.3, -0.25) is 0 Å². The van der Waals surface area contributed by atoms with E-state index in [-0.39, 0.29) is 5.39 Å². The molecule has 0 N–H and O–H groups in total. The summed E-state index contributed by atoms with van der Waals surface area (Å²) in [7, 11) is 0. The van der Waals surface area contributed by atoms with Gasteiger partial charge in [-0.2, -0.15) is 8.78 Å². The minimum absolute atomic E-state index is 0.385. The zero-order chi connectivity index (χ0) is 13.9. The van der Waals surface area contributed by atoms with Crippen LogP contribution in [0.4, 0.5) is 26.3 Å². The van der Waals surface area contributed by atoms with Crippen molar-refractivity contribution in [1.82, 2.24) is 0 Å². The van der Waals surface area contributed by atoms with E-state index in [1.807, 2.05) is 0 Å². The second kappa shape index (κ2) is 3.66. The van der Waals surface area contributed by atoms with Gasteiger partial charge in [-0.15, -0.1) is 0 Å². The highest BCUT2D eigenvalue weighted by Crippen LogP contribution is 2.36. The van der Waals surface area contributed by atoms with Crippen molar-refractivity contribution in [2.75, 3.05) is 0 Å². The van der Waals surface area contributed by atoms with E-state index in [0.29, 0.717) is 6.07 Å². The minimum atomic E-state index is -2.08. The molecule has 0 radical (unpaired) electrons. The number of benzene rings is 2. The first-order valence-electron chi connectivity index (χ1n) is 4.95. The van der Waals surface area contributed by atoms with Crippen molar-refractivity contribution in [2.45, 2.75) is 0 Å². The van der Waals surface area contributed by atoms with Gasteiger partial charge in [0, 0.05) is 5.39 Å². The lowest BCUT2D eigenvalue weighted by molar-refractivity contribution is 0.411. The van der Waals surface area contributed by atoms with Crippen molar-refractivity contribution in [3.05, 3.63) is 47.0 Å². The standard InChI is InChI=1S/C12H2F6O/c13-4-2-1-3-5-7(15)8(16)9(17)10(18)12(5)19-11(3)6(4)14/h1-2H. The summed E-state index contributed by atoms with van der Waals surface area (Å²) in [4.78, 5) is 0. The summed E-state index contributed by atoms with van der Waals surface area (Å²) in [6.07, 6.45) is 0. The predicted octanol–water partition coefficient (Wildman–Crippen LogP) is 4.42. The molecule has 0 unspecified atom stereocenters. The van der Waals surface area contributed by atoms with Gasteiger partial charge < -0.3 is 4.42 Å². The smallest absolute Gasteiger partial charge is 0.205 e. The molecule has 1 aromatic heterocycles.